The molecule has 105 heavy (non-hydrogen) atoms. The van der Waals surface area contributed by atoms with Crippen LogP contribution in [0.1, 0.15) is 120 Å². The lowest BCUT2D eigenvalue weighted by Crippen LogP contribution is -2.81. The van der Waals surface area contributed by atoms with Crippen molar-refractivity contribution in [1.82, 2.24) is 41.5 Å². The molecule has 3 aromatic carbocycles. The number of imide groups is 1. The zero-order valence-corrected chi connectivity index (χ0v) is 60.5. The number of methoxy groups -OCH3 is 2. The summed E-state index contributed by atoms with van der Waals surface area (Å²) in [5, 5.41) is 89.3. The number of carbonyl (C=O) groups is 10. The Morgan fingerprint density at radius 1 is 0.867 bits per heavy atom. The van der Waals surface area contributed by atoms with Crippen LogP contribution in [0, 0.1) is 22.7 Å². The number of H-pyrrole nitrogens is 1. The molecule has 1 aromatic heterocycles. The van der Waals surface area contributed by atoms with E-state index in [9.17, 15) is 69.0 Å². The van der Waals surface area contributed by atoms with E-state index in [0.29, 0.717) is 111 Å². The highest BCUT2D eigenvalue weighted by atomic mass is 32.2. The second-order valence-electron chi connectivity index (χ2n) is 29.0. The molecule has 15 N–H and O–H groups in total. The lowest BCUT2D eigenvalue weighted by molar-refractivity contribution is -0.203. The van der Waals surface area contributed by atoms with Crippen LogP contribution in [-0.4, -0.2) is 235 Å². The summed E-state index contributed by atoms with van der Waals surface area (Å²) in [7, 11) is 4.70. The molecule has 31 nitrogen and oxygen atoms in total. The van der Waals surface area contributed by atoms with E-state index in [4.69, 9.17) is 20.6 Å². The maximum absolute atomic E-state index is 15.7. The smallest absolute Gasteiger partial charge is 0.327 e. The van der Waals surface area contributed by atoms with Crippen molar-refractivity contribution in [3.05, 3.63) is 101 Å². The summed E-state index contributed by atoms with van der Waals surface area (Å²) >= 11 is 0.713. The first-order chi connectivity index (χ1) is 49.9. The second-order valence-corrected chi connectivity index (χ2v) is 30.2. The lowest BCUT2D eigenvalue weighted by atomic mass is 9.47. The van der Waals surface area contributed by atoms with Crippen molar-refractivity contribution in [3.63, 3.8) is 0 Å². The summed E-state index contributed by atoms with van der Waals surface area (Å²) in [6, 6.07) is 10.6. The number of carboxylic acids is 3. The van der Waals surface area contributed by atoms with Crippen LogP contribution in [-0.2, 0) is 69.9 Å². The number of aromatic amines is 1. The number of hydrogen-bond donors (Lipinski definition) is 14. The molecule has 7 heterocycles. The van der Waals surface area contributed by atoms with Gasteiger partial charge in [0.25, 0.3) is 5.91 Å². The fraction of sp³-hybridized carbons (Fsp3) is 0.534. The van der Waals surface area contributed by atoms with Gasteiger partial charge in [0.05, 0.1) is 55.4 Å². The van der Waals surface area contributed by atoms with Crippen molar-refractivity contribution in [2.45, 2.75) is 162 Å². The summed E-state index contributed by atoms with van der Waals surface area (Å²) in [5.41, 5.74) is 5.43. The molecule has 564 valence electrons. The highest BCUT2D eigenvalue weighted by molar-refractivity contribution is 8.00. The Hall–Kier alpha value is -9.47. The third-order valence-corrected chi connectivity index (χ3v) is 24.2. The van der Waals surface area contributed by atoms with Crippen LogP contribution in [0.5, 0.6) is 5.75 Å². The van der Waals surface area contributed by atoms with Crippen molar-refractivity contribution in [2.75, 3.05) is 76.1 Å². The van der Waals surface area contributed by atoms with Crippen molar-refractivity contribution in [2.24, 2.45) is 28.1 Å². The molecule has 32 heteroatoms. The fourth-order valence-corrected chi connectivity index (χ4v) is 19.1. The summed E-state index contributed by atoms with van der Waals surface area (Å²) in [6.45, 7) is 10.0. The molecule has 6 aliphatic heterocycles. The number of fused-ring (bicyclic) bond motifs is 6. The number of aromatic nitrogens is 1. The zero-order valence-electron chi connectivity index (χ0n) is 59.7. The van der Waals surface area contributed by atoms with Gasteiger partial charge in [-0.15, -0.1) is 11.8 Å². The summed E-state index contributed by atoms with van der Waals surface area (Å²) in [6.07, 6.45) is 2.74. The monoisotopic (exact) mass is 1470 g/mol. The average molecular weight is 1470 g/mol. The van der Waals surface area contributed by atoms with Crippen LogP contribution in [0.25, 0.3) is 10.9 Å². The van der Waals surface area contributed by atoms with Gasteiger partial charge in [-0.05, 0) is 112 Å². The fourth-order valence-electron chi connectivity index (χ4n) is 18.0. The van der Waals surface area contributed by atoms with E-state index in [2.05, 4.69) is 46.6 Å². The van der Waals surface area contributed by atoms with E-state index < -0.39 is 159 Å². The number of rotatable bonds is 27. The predicted octanol–water partition coefficient (Wildman–Crippen LogP) is 1.54. The summed E-state index contributed by atoms with van der Waals surface area (Å²) < 4.78 is 12.5. The van der Waals surface area contributed by atoms with Crippen molar-refractivity contribution >= 4 is 105 Å². The third-order valence-electron chi connectivity index (χ3n) is 22.9. The number of thioether (sulfide) groups is 1. The molecule has 15 atom stereocenters. The second kappa shape index (κ2) is 30.2. The predicted molar refractivity (Wildman–Crippen MR) is 385 cm³/mol. The van der Waals surface area contributed by atoms with Crippen molar-refractivity contribution < 1.29 is 88.1 Å². The number of piperidine rings is 1. The number of para-hydroxylation sites is 1. The lowest BCUT2D eigenvalue weighted by Gasteiger charge is -2.63. The Morgan fingerprint density at radius 2 is 1.54 bits per heavy atom. The van der Waals surface area contributed by atoms with Crippen LogP contribution >= 0.6 is 11.8 Å². The number of nitrogens with one attached hydrogen (secondary N) is 7. The molecule has 4 fully saturated rings. The van der Waals surface area contributed by atoms with Gasteiger partial charge in [-0.3, -0.25) is 58.4 Å². The van der Waals surface area contributed by atoms with Crippen LogP contribution in [0.3, 0.4) is 0 Å². The standard InChI is InChI=1S/C73H93N13O18S/c1-8-69(101)33-40-34-72(67(100)104-7,57-44(21-26-84(35-40)37-69)43-15-10-11-16-47(43)77-57)46-28-45-51(31-52(46)103-6)83(5)64-71(45)23-27-85-25-13-22-70(9-2,63(71)85)65(98)73(64,102)66(99)82-81-39(4)41-17-19-42(20-18-41)86-54(87)32-53(61(86)95)105-36-50(62(96)97)80-60(94)49(30-56(90)91)79-59(93)48(29-55(88)89)78-58(92)38(3)14-12-24-76-68(74)75/h10-11,13,15-20,22,28,31,38,40,48-50,53,63-65,77,98,101-102H,8-9,12,14,21,23-27,29-30,32-37H2,1-7H3,(H,78,92)(H,79,93)(H,80,94)(H,82,99)(H,88,89)(H,90,91)(H,96,97)(H4,74,75,76)/b81-39+/t38-,40+,48-,49-,50-,53?,63-,64+,65+,69-,70+,71+,72-,73-/m0/s1. The number of anilines is 2. The Labute approximate surface area is 609 Å². The molecule has 2 bridgehead atoms. The SMILES string of the molecule is CC[C@]1(O)C[C@H]2CN(CCc3c([nH]c4ccccc34)[C@@](C(=O)OC)(c3cc4c(cc3OC)N(C)[C@H]3[C@@](O)(C(=O)N/N=C(\C)c5ccc(N6C(=O)CC(SC[C@H](NC(=O)[C@H](CC(=O)O)NC(=O)[C@H](CC(=O)O)NC(=O)[C@@H](C)CCCNC(=N)N)C(=O)O)C6=O)cc5)[C@H](O)[C@]5(CC)C=CCN6CC[C@]43[C@@H]65)C2)C1. The van der Waals surface area contributed by atoms with E-state index in [1.54, 1.807) is 21.1 Å². The number of nitrogens with two attached hydrogens (primary N) is 1. The number of benzene rings is 3. The number of hydrogen-bond acceptors (Lipinski definition) is 21. The van der Waals surface area contributed by atoms with Crippen molar-refractivity contribution in [1.29, 1.82) is 5.41 Å². The van der Waals surface area contributed by atoms with E-state index in [1.165, 1.54) is 38.3 Å². The minimum absolute atomic E-state index is 0.116. The molecular formula is C73H93N13O18S. The topological polar surface area (TPSA) is 462 Å². The number of aliphatic hydroxyl groups is 3. The van der Waals surface area contributed by atoms with E-state index in [-0.39, 0.29) is 42.7 Å². The molecule has 4 aromatic rings. The number of guanidine groups is 1. The third kappa shape index (κ3) is 13.9. The number of likely N-dealkylation sites (N-methyl/N-ethyl adjacent to an activating group) is 1. The van der Waals surface area contributed by atoms with Gasteiger partial charge < -0.3 is 77.0 Å². The number of aliphatic hydroxyl groups excluding tert-OH is 1. The summed E-state index contributed by atoms with van der Waals surface area (Å²) in [5.74, 6) is -12.5. The van der Waals surface area contributed by atoms with Crippen LogP contribution in [0.4, 0.5) is 11.4 Å². The Morgan fingerprint density at radius 3 is 2.18 bits per heavy atom. The molecule has 6 amide bonds. The Kier molecular flexibility index (Phi) is 22.0. The molecule has 7 aliphatic rings. The molecule has 1 aliphatic carbocycles. The molecule has 11 rings (SSSR count). The van der Waals surface area contributed by atoms with Gasteiger partial charge in [0.15, 0.2) is 11.6 Å². The van der Waals surface area contributed by atoms with E-state index in [1.807, 2.05) is 67.3 Å². The Balaban J connectivity index is 0.825. The van der Waals surface area contributed by atoms with Crippen molar-refractivity contribution in [3.8, 4) is 5.75 Å². The van der Waals surface area contributed by atoms with Gasteiger partial charge in [0, 0.05) is 109 Å². The number of nitrogens with zero attached hydrogens (tertiary/aromatic N) is 5. The first kappa shape index (κ1) is 76.7. The number of esters is 1. The largest absolute Gasteiger partial charge is 0.496 e. The Bertz CT molecular complexity index is 4210. The number of aliphatic carboxylic acids is 3. The van der Waals surface area contributed by atoms with Gasteiger partial charge in [-0.25, -0.2) is 15.1 Å². The number of amides is 6. The minimum atomic E-state index is -2.60. The summed E-state index contributed by atoms with van der Waals surface area (Å²) in [4.78, 5) is 146. The highest BCUT2D eigenvalue weighted by Gasteiger charge is 2.79. The number of ether oxygens (including phenoxy) is 2. The first-order valence-electron chi connectivity index (χ1n) is 35.4. The number of carbonyl (C=O) groups excluding carboxylic acids is 7. The van der Waals surface area contributed by atoms with Crippen LogP contribution in [0.15, 0.2) is 77.9 Å². The average Bonchev–Trinajstić information content (AvgIpc) is 1.50. The first-order valence-corrected chi connectivity index (χ1v) is 36.4. The van der Waals surface area contributed by atoms with Gasteiger partial charge in [-0.2, -0.15) is 5.10 Å². The van der Waals surface area contributed by atoms with Gasteiger partial charge in [0.1, 0.15) is 35.4 Å². The normalized spacial score (nSPS) is 28.6. The minimum Gasteiger partial charge on any atom is -0.496 e. The van der Waals surface area contributed by atoms with Gasteiger partial charge in [0.2, 0.25) is 29.5 Å². The molecular weight excluding hydrogens is 1380 g/mol. The maximum Gasteiger partial charge on any atom is 0.327 e. The quantitative estimate of drug-likeness (QED) is 0.00766. The number of carboxylic acid groups (broad SMARTS) is 3. The number of hydrazone groups is 1. The van der Waals surface area contributed by atoms with Gasteiger partial charge >= 0.3 is 23.9 Å². The molecule has 1 saturated carbocycles. The van der Waals surface area contributed by atoms with E-state index in [0.717, 1.165) is 26.9 Å². The highest BCUT2D eigenvalue weighted by Crippen LogP contribution is 2.68. The van der Waals surface area contributed by atoms with E-state index >= 15 is 9.59 Å². The molecule has 2 unspecified atom stereocenters. The molecule has 3 saturated heterocycles. The van der Waals surface area contributed by atoms with Gasteiger partial charge in [-0.1, -0.05) is 63.3 Å². The van der Waals surface area contributed by atoms with Crippen LogP contribution in [0.2, 0.25) is 0 Å². The maximum atomic E-state index is 15.7. The molecule has 1 spiro atoms. The van der Waals surface area contributed by atoms with Crippen LogP contribution < -0.4 is 47.0 Å². The zero-order chi connectivity index (χ0) is 76.0. The molecule has 0 radical (unpaired) electrons.